The van der Waals surface area contributed by atoms with Crippen LogP contribution in [-0.2, 0) is 13.0 Å². The molecule has 0 bridgehead atoms. The molecule has 10 heteroatoms. The largest absolute Gasteiger partial charge is 0.490 e. The first kappa shape index (κ1) is 24.5. The van der Waals surface area contributed by atoms with Gasteiger partial charge in [-0.1, -0.05) is 35.0 Å². The van der Waals surface area contributed by atoms with Gasteiger partial charge < -0.3 is 15.2 Å². The van der Waals surface area contributed by atoms with Crippen molar-refractivity contribution in [1.29, 1.82) is 0 Å². The second-order valence-corrected chi connectivity index (χ2v) is 9.54. The number of aromatic amines is 1. The van der Waals surface area contributed by atoms with Crippen molar-refractivity contribution in [2.75, 3.05) is 26.2 Å². The Kier molecular flexibility index (Phi) is 8.10. The Bertz CT molecular complexity index is 1040. The van der Waals surface area contributed by atoms with E-state index in [-0.39, 0.29) is 6.61 Å². The quantitative estimate of drug-likeness (QED) is 0.403. The summed E-state index contributed by atoms with van der Waals surface area (Å²) in [5.41, 5.74) is 0.863. The van der Waals surface area contributed by atoms with Gasteiger partial charge in [0.1, 0.15) is 23.8 Å². The number of hydrogen-bond acceptors (Lipinski definition) is 7. The fourth-order valence-corrected chi connectivity index (χ4v) is 4.15. The van der Waals surface area contributed by atoms with Crippen LogP contribution in [0.4, 0.5) is 4.39 Å². The molecule has 1 atom stereocenters. The predicted molar refractivity (Wildman–Crippen MR) is 127 cm³/mol. The summed E-state index contributed by atoms with van der Waals surface area (Å²) in [7, 11) is 0. The average molecular weight is 489 g/mol. The van der Waals surface area contributed by atoms with Crippen molar-refractivity contribution in [3.63, 3.8) is 0 Å². The minimum absolute atomic E-state index is 0.0259. The molecule has 2 aromatic carbocycles. The van der Waals surface area contributed by atoms with Gasteiger partial charge in [-0.05, 0) is 56.6 Å². The molecule has 3 N–H and O–H groups in total. The Morgan fingerprint density at radius 3 is 2.71 bits per heavy atom. The molecule has 2 heterocycles. The summed E-state index contributed by atoms with van der Waals surface area (Å²) in [6.07, 6.45) is 2.35. The fourth-order valence-electron chi connectivity index (χ4n) is 4.03. The lowest BCUT2D eigenvalue weighted by atomic mass is 10.0. The Hall–Kier alpha value is -2.59. The number of piperidine rings is 1. The van der Waals surface area contributed by atoms with Gasteiger partial charge in [-0.3, -0.25) is 4.90 Å². The Labute approximate surface area is 203 Å². The van der Waals surface area contributed by atoms with Gasteiger partial charge in [-0.25, -0.2) is 4.39 Å². The number of aromatic nitrogens is 4. The maximum absolute atomic E-state index is 13.8. The first-order valence-electron chi connectivity index (χ1n) is 11.4. The number of rotatable bonds is 10. The van der Waals surface area contributed by atoms with Gasteiger partial charge in [0.2, 0.25) is 0 Å². The third-order valence-corrected chi connectivity index (χ3v) is 6.24. The summed E-state index contributed by atoms with van der Waals surface area (Å²) in [6.45, 7) is 5.01. The molecule has 182 valence electrons. The summed E-state index contributed by atoms with van der Waals surface area (Å²) in [5, 5.41) is 28.9. The molecule has 34 heavy (non-hydrogen) atoms. The fraction of sp³-hybridized carbons (Fsp3) is 0.458. The van der Waals surface area contributed by atoms with Crippen LogP contribution in [0, 0.1) is 5.82 Å². The highest BCUT2D eigenvalue weighted by molar-refractivity contribution is 6.30. The second-order valence-electron chi connectivity index (χ2n) is 9.10. The maximum Gasteiger partial charge on any atom is 0.179 e. The number of aliphatic hydroxyl groups is 1. The molecular weight excluding hydrogens is 459 g/mol. The smallest absolute Gasteiger partial charge is 0.179 e. The van der Waals surface area contributed by atoms with E-state index >= 15 is 0 Å². The molecule has 3 aromatic rings. The van der Waals surface area contributed by atoms with Crippen LogP contribution in [0.2, 0.25) is 5.02 Å². The van der Waals surface area contributed by atoms with Gasteiger partial charge in [-0.15, -0.1) is 10.2 Å². The summed E-state index contributed by atoms with van der Waals surface area (Å²) >= 11 is 5.97. The number of tetrazole rings is 1. The molecule has 0 spiro atoms. The summed E-state index contributed by atoms with van der Waals surface area (Å²) in [6, 6.07) is 12.6. The number of nitrogens with one attached hydrogen (secondary N) is 2. The predicted octanol–water partition coefficient (Wildman–Crippen LogP) is 2.97. The van der Waals surface area contributed by atoms with E-state index in [4.69, 9.17) is 16.3 Å². The molecule has 1 aliphatic rings. The first-order chi connectivity index (χ1) is 16.4. The molecule has 1 aliphatic heterocycles. The average Bonchev–Trinajstić information content (AvgIpc) is 3.34. The topological polar surface area (TPSA) is 99.2 Å². The van der Waals surface area contributed by atoms with E-state index in [0.29, 0.717) is 30.6 Å². The molecule has 1 unspecified atom stereocenters. The van der Waals surface area contributed by atoms with Gasteiger partial charge in [-0.2, -0.15) is 5.21 Å². The number of H-pyrrole nitrogens is 1. The second kappa shape index (κ2) is 11.2. The lowest BCUT2D eigenvalue weighted by Gasteiger charge is -2.34. The Balaban J connectivity index is 1.23. The lowest BCUT2D eigenvalue weighted by Crippen LogP contribution is -2.49. The zero-order chi connectivity index (χ0) is 24.0. The molecule has 1 fully saturated rings. The third kappa shape index (κ3) is 7.20. The van der Waals surface area contributed by atoms with Crippen LogP contribution in [0.3, 0.4) is 0 Å². The molecule has 8 nitrogen and oxygen atoms in total. The number of benzene rings is 2. The molecule has 0 radical (unpaired) electrons. The van der Waals surface area contributed by atoms with Crippen molar-refractivity contribution in [3.05, 3.63) is 70.3 Å². The van der Waals surface area contributed by atoms with Crippen LogP contribution in [0.1, 0.15) is 36.7 Å². The molecule has 0 amide bonds. The maximum atomic E-state index is 13.8. The summed E-state index contributed by atoms with van der Waals surface area (Å²) in [4.78, 5) is 2.43. The number of nitrogens with zero attached hydrogens (tertiary/aromatic N) is 4. The van der Waals surface area contributed by atoms with Crippen LogP contribution in [0.25, 0.3) is 0 Å². The van der Waals surface area contributed by atoms with Crippen LogP contribution >= 0.6 is 11.6 Å². The van der Waals surface area contributed by atoms with Gasteiger partial charge in [0, 0.05) is 42.2 Å². The molecular formula is C24H30ClFN6O2. The highest BCUT2D eigenvalue weighted by atomic mass is 35.5. The van der Waals surface area contributed by atoms with Crippen LogP contribution in [0.5, 0.6) is 5.75 Å². The van der Waals surface area contributed by atoms with Crippen LogP contribution < -0.4 is 10.1 Å². The number of halogens is 2. The van der Waals surface area contributed by atoms with Crippen molar-refractivity contribution >= 4 is 11.6 Å². The van der Waals surface area contributed by atoms with Gasteiger partial charge in [0.05, 0.1) is 0 Å². The molecule has 1 saturated heterocycles. The monoisotopic (exact) mass is 488 g/mol. The third-order valence-electron chi connectivity index (χ3n) is 5.98. The van der Waals surface area contributed by atoms with Crippen molar-refractivity contribution in [2.45, 2.75) is 44.4 Å². The van der Waals surface area contributed by atoms with E-state index in [0.717, 1.165) is 43.1 Å². The normalized spacial score (nSPS) is 16.9. The van der Waals surface area contributed by atoms with Crippen molar-refractivity contribution in [2.24, 2.45) is 0 Å². The number of ether oxygens (including phenoxy) is 1. The van der Waals surface area contributed by atoms with E-state index < -0.39 is 11.4 Å². The van der Waals surface area contributed by atoms with Crippen LogP contribution in [-0.4, -0.2) is 68.5 Å². The van der Waals surface area contributed by atoms with Crippen molar-refractivity contribution < 1.29 is 14.2 Å². The van der Waals surface area contributed by atoms with Gasteiger partial charge in [0.25, 0.3) is 0 Å². The minimum Gasteiger partial charge on any atom is -0.490 e. The van der Waals surface area contributed by atoms with Crippen molar-refractivity contribution in [3.8, 4) is 5.75 Å². The number of hydrogen-bond donors (Lipinski definition) is 3. The zero-order valence-electron chi connectivity index (χ0n) is 19.2. The minimum atomic E-state index is -1.11. The van der Waals surface area contributed by atoms with E-state index in [1.165, 1.54) is 17.7 Å². The first-order valence-corrected chi connectivity index (χ1v) is 11.8. The Morgan fingerprint density at radius 2 is 2.00 bits per heavy atom. The molecule has 1 aromatic heterocycles. The van der Waals surface area contributed by atoms with Gasteiger partial charge >= 0.3 is 0 Å². The Morgan fingerprint density at radius 1 is 1.24 bits per heavy atom. The lowest BCUT2D eigenvalue weighted by molar-refractivity contribution is 0.00782. The summed E-state index contributed by atoms with van der Waals surface area (Å²) < 4.78 is 19.6. The molecule has 4 rings (SSSR count). The molecule has 0 aliphatic carbocycles. The zero-order valence-corrected chi connectivity index (χ0v) is 19.9. The van der Waals surface area contributed by atoms with E-state index in [1.54, 1.807) is 13.0 Å². The summed E-state index contributed by atoms with van der Waals surface area (Å²) in [5.74, 6) is 0.433. The highest BCUT2D eigenvalue weighted by Gasteiger charge is 2.26. The standard InChI is InChI=1S/C24H30ClFN6O2/c1-24(33,16-34-22-13-20(26)7-4-18(22)12-23-28-30-31-29-23)15-27-21-8-10-32(11-9-21)14-17-2-5-19(25)6-3-17/h2-7,13,21,27,33H,8-12,14-16H2,1H3,(H,28,29,30,31). The van der Waals surface area contributed by atoms with Crippen molar-refractivity contribution in [1.82, 2.24) is 30.8 Å². The van der Waals surface area contributed by atoms with Crippen LogP contribution in [0.15, 0.2) is 42.5 Å². The SMILES string of the molecule is CC(O)(CNC1CCN(Cc2ccc(Cl)cc2)CC1)COc1cc(F)ccc1Cc1nn[nH]n1. The van der Waals surface area contributed by atoms with E-state index in [2.05, 4.69) is 43.0 Å². The number of likely N-dealkylation sites (tertiary alicyclic amines) is 1. The van der Waals surface area contributed by atoms with Gasteiger partial charge in [0.15, 0.2) is 5.82 Å². The highest BCUT2D eigenvalue weighted by Crippen LogP contribution is 2.23. The molecule has 0 saturated carbocycles. The van der Waals surface area contributed by atoms with E-state index in [9.17, 15) is 9.50 Å². The van der Waals surface area contributed by atoms with E-state index in [1.807, 2.05) is 12.1 Å².